The van der Waals surface area contributed by atoms with E-state index in [-0.39, 0.29) is 11.9 Å². The maximum atomic E-state index is 12.2. The van der Waals surface area contributed by atoms with Gasteiger partial charge in [-0.25, -0.2) is 0 Å². The first-order valence-corrected chi connectivity index (χ1v) is 7.74. The van der Waals surface area contributed by atoms with Crippen LogP contribution in [0.2, 0.25) is 0 Å². The number of ether oxygens (including phenoxy) is 1. The third kappa shape index (κ3) is 4.28. The van der Waals surface area contributed by atoms with Crippen LogP contribution in [0, 0.1) is 0 Å². The molecule has 0 aliphatic rings. The Hall–Kier alpha value is -0.550. The highest BCUT2D eigenvalue weighted by Crippen LogP contribution is 2.22. The highest BCUT2D eigenvalue weighted by atomic mass is 79.9. The van der Waals surface area contributed by atoms with Crippen molar-refractivity contribution in [3.63, 3.8) is 0 Å². The van der Waals surface area contributed by atoms with Crippen molar-refractivity contribution in [2.45, 2.75) is 25.8 Å². The largest absolute Gasteiger partial charge is 0.497 e. The van der Waals surface area contributed by atoms with E-state index in [9.17, 15) is 4.79 Å². The predicted molar refractivity (Wildman–Crippen MR) is 80.7 cm³/mol. The van der Waals surface area contributed by atoms with Gasteiger partial charge in [0.05, 0.1) is 12.7 Å². The number of rotatable bonds is 6. The van der Waals surface area contributed by atoms with Crippen molar-refractivity contribution in [1.82, 2.24) is 5.32 Å². The fourth-order valence-electron chi connectivity index (χ4n) is 1.58. The minimum atomic E-state index is -0.0754. The molecule has 1 atom stereocenters. The number of halogens is 2. The third-order valence-electron chi connectivity index (χ3n) is 2.70. The van der Waals surface area contributed by atoms with E-state index in [4.69, 9.17) is 4.74 Å². The van der Waals surface area contributed by atoms with Crippen molar-refractivity contribution in [1.29, 1.82) is 0 Å². The van der Waals surface area contributed by atoms with Crippen LogP contribution < -0.4 is 10.1 Å². The van der Waals surface area contributed by atoms with Gasteiger partial charge in [0, 0.05) is 15.8 Å². The summed E-state index contributed by atoms with van der Waals surface area (Å²) in [6.07, 6.45) is 1.84. The minimum Gasteiger partial charge on any atom is -0.497 e. The first-order chi connectivity index (χ1) is 8.62. The van der Waals surface area contributed by atoms with Gasteiger partial charge in [-0.05, 0) is 47.0 Å². The van der Waals surface area contributed by atoms with Crippen LogP contribution in [0.3, 0.4) is 0 Å². The molecule has 1 aromatic rings. The van der Waals surface area contributed by atoms with Crippen LogP contribution >= 0.6 is 31.9 Å². The SMILES string of the molecule is CCC(CCBr)NC(=O)c1cc(OC)ccc1Br. The van der Waals surface area contributed by atoms with Gasteiger partial charge in [-0.1, -0.05) is 22.9 Å². The Morgan fingerprint density at radius 1 is 1.50 bits per heavy atom. The molecule has 1 N–H and O–H groups in total. The molecule has 3 nitrogen and oxygen atoms in total. The molecule has 0 bridgehead atoms. The fourth-order valence-corrected chi connectivity index (χ4v) is 2.56. The Balaban J connectivity index is 2.82. The summed E-state index contributed by atoms with van der Waals surface area (Å²) in [5.41, 5.74) is 0.599. The van der Waals surface area contributed by atoms with Crippen LogP contribution in [0.15, 0.2) is 22.7 Å². The van der Waals surface area contributed by atoms with Crippen molar-refractivity contribution >= 4 is 37.8 Å². The zero-order valence-corrected chi connectivity index (χ0v) is 13.7. The molecule has 18 heavy (non-hydrogen) atoms. The van der Waals surface area contributed by atoms with Gasteiger partial charge in [0.15, 0.2) is 0 Å². The second-order valence-electron chi connectivity index (χ2n) is 3.90. The van der Waals surface area contributed by atoms with Gasteiger partial charge in [-0.3, -0.25) is 4.79 Å². The normalized spacial score (nSPS) is 12.0. The molecule has 0 aliphatic carbocycles. The van der Waals surface area contributed by atoms with E-state index >= 15 is 0 Å². The second-order valence-corrected chi connectivity index (χ2v) is 5.55. The second kappa shape index (κ2) is 7.79. The summed E-state index contributed by atoms with van der Waals surface area (Å²) in [7, 11) is 1.59. The number of amides is 1. The van der Waals surface area contributed by atoms with Crippen LogP contribution in [0.4, 0.5) is 0 Å². The Kier molecular flexibility index (Phi) is 6.71. The smallest absolute Gasteiger partial charge is 0.252 e. The Labute approximate surface area is 125 Å². The summed E-state index contributed by atoms with van der Waals surface area (Å²) in [5, 5.41) is 3.90. The lowest BCUT2D eigenvalue weighted by Crippen LogP contribution is -2.34. The molecule has 1 rings (SSSR count). The van der Waals surface area contributed by atoms with Crippen LogP contribution in [0.1, 0.15) is 30.1 Å². The highest BCUT2D eigenvalue weighted by Gasteiger charge is 2.15. The zero-order valence-electron chi connectivity index (χ0n) is 10.5. The summed E-state index contributed by atoms with van der Waals surface area (Å²) < 4.78 is 5.90. The Morgan fingerprint density at radius 3 is 2.78 bits per heavy atom. The Morgan fingerprint density at radius 2 is 2.22 bits per heavy atom. The van der Waals surface area contributed by atoms with Gasteiger partial charge in [0.25, 0.3) is 5.91 Å². The lowest BCUT2D eigenvalue weighted by atomic mass is 10.1. The molecule has 0 radical (unpaired) electrons. The average molecular weight is 379 g/mol. The molecule has 0 saturated carbocycles. The van der Waals surface area contributed by atoms with Gasteiger partial charge in [0.1, 0.15) is 5.75 Å². The number of hydrogen-bond donors (Lipinski definition) is 1. The number of carbonyl (C=O) groups excluding carboxylic acids is 1. The fraction of sp³-hybridized carbons (Fsp3) is 0.462. The molecule has 0 spiro atoms. The summed E-state index contributed by atoms with van der Waals surface area (Å²) in [6, 6.07) is 5.56. The summed E-state index contributed by atoms with van der Waals surface area (Å²) in [6.45, 7) is 2.06. The minimum absolute atomic E-state index is 0.0754. The lowest BCUT2D eigenvalue weighted by molar-refractivity contribution is 0.0934. The molecule has 100 valence electrons. The first kappa shape index (κ1) is 15.5. The third-order valence-corrected chi connectivity index (χ3v) is 3.85. The van der Waals surface area contributed by atoms with Gasteiger partial charge in [-0.2, -0.15) is 0 Å². The topological polar surface area (TPSA) is 38.3 Å². The quantitative estimate of drug-likeness (QED) is 0.765. The molecule has 1 amide bonds. The molecular formula is C13H17Br2NO2. The summed E-state index contributed by atoms with van der Waals surface area (Å²) in [5.74, 6) is 0.602. The van der Waals surface area contributed by atoms with E-state index in [1.807, 2.05) is 12.1 Å². The van der Waals surface area contributed by atoms with Gasteiger partial charge in [0.2, 0.25) is 0 Å². The number of methoxy groups -OCH3 is 1. The zero-order chi connectivity index (χ0) is 13.5. The van der Waals surface area contributed by atoms with E-state index in [0.717, 1.165) is 22.6 Å². The van der Waals surface area contributed by atoms with Crippen LogP contribution in [-0.2, 0) is 0 Å². The number of nitrogens with one attached hydrogen (secondary N) is 1. The van der Waals surface area contributed by atoms with Gasteiger partial charge in [-0.15, -0.1) is 0 Å². The standard InChI is InChI=1S/C13H17Br2NO2/c1-3-9(6-7-14)16-13(17)11-8-10(18-2)4-5-12(11)15/h4-5,8-9H,3,6-7H2,1-2H3,(H,16,17). The number of benzene rings is 1. The molecule has 0 heterocycles. The Bertz CT molecular complexity index is 410. The van der Waals surface area contributed by atoms with Gasteiger partial charge < -0.3 is 10.1 Å². The highest BCUT2D eigenvalue weighted by molar-refractivity contribution is 9.10. The molecule has 0 fully saturated rings. The summed E-state index contributed by atoms with van der Waals surface area (Å²) in [4.78, 5) is 12.2. The van der Waals surface area contributed by atoms with E-state index in [2.05, 4.69) is 44.1 Å². The average Bonchev–Trinajstić information content (AvgIpc) is 2.38. The van der Waals surface area contributed by atoms with E-state index < -0.39 is 0 Å². The van der Waals surface area contributed by atoms with Crippen LogP contribution in [0.25, 0.3) is 0 Å². The molecule has 0 saturated heterocycles. The lowest BCUT2D eigenvalue weighted by Gasteiger charge is -2.16. The molecule has 0 aromatic heterocycles. The predicted octanol–water partition coefficient (Wildman–Crippen LogP) is 3.75. The number of carbonyl (C=O) groups is 1. The number of alkyl halides is 1. The maximum Gasteiger partial charge on any atom is 0.252 e. The van der Waals surface area contributed by atoms with Crippen LogP contribution in [-0.4, -0.2) is 24.4 Å². The summed E-state index contributed by atoms with van der Waals surface area (Å²) >= 11 is 6.78. The van der Waals surface area contributed by atoms with Crippen molar-refractivity contribution in [2.24, 2.45) is 0 Å². The molecule has 1 aromatic carbocycles. The molecular weight excluding hydrogens is 362 g/mol. The number of hydrogen-bond acceptors (Lipinski definition) is 2. The van der Waals surface area contributed by atoms with E-state index in [0.29, 0.717) is 11.3 Å². The van der Waals surface area contributed by atoms with E-state index in [1.54, 1.807) is 13.2 Å². The van der Waals surface area contributed by atoms with Crippen molar-refractivity contribution in [3.05, 3.63) is 28.2 Å². The van der Waals surface area contributed by atoms with Crippen molar-refractivity contribution < 1.29 is 9.53 Å². The van der Waals surface area contributed by atoms with Crippen LogP contribution in [0.5, 0.6) is 5.75 Å². The monoisotopic (exact) mass is 377 g/mol. The van der Waals surface area contributed by atoms with Crippen molar-refractivity contribution in [2.75, 3.05) is 12.4 Å². The van der Waals surface area contributed by atoms with E-state index in [1.165, 1.54) is 0 Å². The maximum absolute atomic E-state index is 12.2. The molecule has 5 heteroatoms. The first-order valence-electron chi connectivity index (χ1n) is 5.82. The van der Waals surface area contributed by atoms with Crippen molar-refractivity contribution in [3.8, 4) is 5.75 Å². The molecule has 1 unspecified atom stereocenters. The molecule has 0 aliphatic heterocycles. The van der Waals surface area contributed by atoms with Gasteiger partial charge >= 0.3 is 0 Å².